The van der Waals surface area contributed by atoms with Crippen molar-refractivity contribution in [3.8, 4) is 5.82 Å². The van der Waals surface area contributed by atoms with Gasteiger partial charge in [0.15, 0.2) is 0 Å². The molecule has 0 aliphatic heterocycles. The van der Waals surface area contributed by atoms with Gasteiger partial charge in [0.2, 0.25) is 0 Å². The smallest absolute Gasteiger partial charge is 0.319 e. The highest BCUT2D eigenvalue weighted by Gasteiger charge is 2.09. The van der Waals surface area contributed by atoms with Crippen molar-refractivity contribution in [2.24, 2.45) is 0 Å². The maximum absolute atomic E-state index is 12.0. The number of non-ortho nitro benzene ring substituents is 1. The van der Waals surface area contributed by atoms with E-state index in [4.69, 9.17) is 0 Å². The van der Waals surface area contributed by atoms with Gasteiger partial charge in [0.05, 0.1) is 4.92 Å². The minimum atomic E-state index is -0.496. The van der Waals surface area contributed by atoms with Crippen LogP contribution in [0, 0.1) is 10.1 Å². The summed E-state index contributed by atoms with van der Waals surface area (Å²) in [6, 6.07) is 8.81. The van der Waals surface area contributed by atoms with Crippen LogP contribution in [0.25, 0.3) is 5.82 Å². The van der Waals surface area contributed by atoms with E-state index in [1.165, 1.54) is 24.3 Å². The number of carbonyl (C=O) groups is 1. The molecule has 0 aliphatic carbocycles. The second kappa shape index (κ2) is 7.21. The van der Waals surface area contributed by atoms with Gasteiger partial charge in [-0.3, -0.25) is 14.7 Å². The first-order valence-electron chi connectivity index (χ1n) is 7.35. The van der Waals surface area contributed by atoms with Gasteiger partial charge < -0.3 is 10.6 Å². The average molecular weight is 338 g/mol. The number of nitrogens with zero attached hydrogens (tertiary/aromatic N) is 4. The van der Waals surface area contributed by atoms with Crippen molar-refractivity contribution in [2.45, 2.75) is 6.54 Å². The van der Waals surface area contributed by atoms with Crippen molar-refractivity contribution in [3.63, 3.8) is 0 Å². The topological polar surface area (TPSA) is 115 Å². The Morgan fingerprint density at radius 2 is 2.00 bits per heavy atom. The summed E-state index contributed by atoms with van der Waals surface area (Å²) in [7, 11) is 0. The van der Waals surface area contributed by atoms with E-state index in [2.05, 4.69) is 20.6 Å². The van der Waals surface area contributed by atoms with Crippen LogP contribution < -0.4 is 10.6 Å². The monoisotopic (exact) mass is 338 g/mol. The van der Waals surface area contributed by atoms with Crippen LogP contribution in [0.4, 0.5) is 16.2 Å². The lowest BCUT2D eigenvalue weighted by Gasteiger charge is -2.11. The summed E-state index contributed by atoms with van der Waals surface area (Å²) in [6.45, 7) is 0.264. The Hall–Kier alpha value is -3.75. The predicted octanol–water partition coefficient (Wildman–Crippen LogP) is 2.50. The normalized spacial score (nSPS) is 10.2. The van der Waals surface area contributed by atoms with Crippen molar-refractivity contribution in [2.75, 3.05) is 5.32 Å². The highest BCUT2D eigenvalue weighted by atomic mass is 16.6. The Bertz CT molecular complexity index is 877. The van der Waals surface area contributed by atoms with Crippen LogP contribution in [0.3, 0.4) is 0 Å². The van der Waals surface area contributed by atoms with Gasteiger partial charge in [-0.25, -0.2) is 14.8 Å². The van der Waals surface area contributed by atoms with Gasteiger partial charge in [0.25, 0.3) is 5.69 Å². The minimum Gasteiger partial charge on any atom is -0.334 e. The summed E-state index contributed by atoms with van der Waals surface area (Å²) >= 11 is 0. The maximum atomic E-state index is 12.0. The highest BCUT2D eigenvalue weighted by molar-refractivity contribution is 5.89. The molecule has 0 unspecified atom stereocenters. The molecule has 2 N–H and O–H groups in total. The largest absolute Gasteiger partial charge is 0.334 e. The molecule has 0 atom stereocenters. The van der Waals surface area contributed by atoms with E-state index < -0.39 is 11.0 Å². The first kappa shape index (κ1) is 16.1. The lowest BCUT2D eigenvalue weighted by Crippen LogP contribution is -2.28. The number of nitrogens with one attached hydrogen (secondary N) is 2. The van der Waals surface area contributed by atoms with E-state index in [0.717, 1.165) is 5.56 Å². The van der Waals surface area contributed by atoms with Gasteiger partial charge in [-0.05, 0) is 18.2 Å². The highest BCUT2D eigenvalue weighted by Crippen LogP contribution is 2.15. The molecule has 2 aromatic heterocycles. The summed E-state index contributed by atoms with van der Waals surface area (Å²) in [4.78, 5) is 30.4. The van der Waals surface area contributed by atoms with Crippen LogP contribution in [0.15, 0.2) is 61.3 Å². The standard InChI is InChI=1S/C16H14N6O3/c23-16(20-13-3-5-14(6-4-13)22(24)25)19-10-12-2-1-7-18-15(12)21-9-8-17-11-21/h1-9,11H,10H2,(H2,19,20,23). The summed E-state index contributed by atoms with van der Waals surface area (Å²) in [5.41, 5.74) is 1.25. The molecule has 3 rings (SSSR count). The zero-order valence-electron chi connectivity index (χ0n) is 13.0. The number of hydrogen-bond acceptors (Lipinski definition) is 5. The Morgan fingerprint density at radius 3 is 2.68 bits per heavy atom. The van der Waals surface area contributed by atoms with Crippen molar-refractivity contribution < 1.29 is 9.72 Å². The second-order valence-electron chi connectivity index (χ2n) is 5.07. The number of nitro benzene ring substituents is 1. The van der Waals surface area contributed by atoms with Gasteiger partial charge in [0, 0.05) is 48.5 Å². The summed E-state index contributed by atoms with van der Waals surface area (Å²) in [6.07, 6.45) is 6.70. The first-order chi connectivity index (χ1) is 12.1. The average Bonchev–Trinajstić information content (AvgIpc) is 3.15. The number of hydrogen-bond donors (Lipinski definition) is 2. The predicted molar refractivity (Wildman–Crippen MR) is 90.3 cm³/mol. The number of amides is 2. The molecule has 25 heavy (non-hydrogen) atoms. The number of pyridine rings is 1. The van der Waals surface area contributed by atoms with E-state index in [1.807, 2.05) is 6.07 Å². The molecule has 0 saturated carbocycles. The van der Waals surface area contributed by atoms with Gasteiger partial charge in [-0.2, -0.15) is 0 Å². The van der Waals surface area contributed by atoms with Gasteiger partial charge in [-0.15, -0.1) is 0 Å². The molecular weight excluding hydrogens is 324 g/mol. The van der Waals surface area contributed by atoms with Crippen molar-refractivity contribution in [1.29, 1.82) is 0 Å². The maximum Gasteiger partial charge on any atom is 0.319 e. The zero-order valence-corrected chi connectivity index (χ0v) is 13.0. The molecule has 0 saturated heterocycles. The summed E-state index contributed by atoms with van der Waals surface area (Å²) in [5, 5.41) is 16.0. The molecule has 3 aromatic rings. The number of aromatic nitrogens is 3. The fourth-order valence-electron chi connectivity index (χ4n) is 2.20. The third-order valence-corrected chi connectivity index (χ3v) is 3.39. The molecule has 0 aliphatic rings. The third kappa shape index (κ3) is 3.96. The molecule has 126 valence electrons. The van der Waals surface area contributed by atoms with E-state index in [9.17, 15) is 14.9 Å². The zero-order chi connectivity index (χ0) is 17.6. The molecular formula is C16H14N6O3. The molecule has 1 aromatic carbocycles. The fourth-order valence-corrected chi connectivity index (χ4v) is 2.20. The van der Waals surface area contributed by atoms with Crippen molar-refractivity contribution in [3.05, 3.63) is 77.0 Å². The first-order valence-corrected chi connectivity index (χ1v) is 7.35. The van der Waals surface area contributed by atoms with E-state index in [0.29, 0.717) is 11.5 Å². The van der Waals surface area contributed by atoms with Crippen LogP contribution >= 0.6 is 0 Å². The lowest BCUT2D eigenvalue weighted by atomic mass is 10.2. The Morgan fingerprint density at radius 1 is 1.20 bits per heavy atom. The number of nitro groups is 1. The minimum absolute atomic E-state index is 0.0358. The van der Waals surface area contributed by atoms with Crippen molar-refractivity contribution in [1.82, 2.24) is 19.9 Å². The second-order valence-corrected chi connectivity index (χ2v) is 5.07. The quantitative estimate of drug-likeness (QED) is 0.548. The molecule has 0 radical (unpaired) electrons. The van der Waals surface area contributed by atoms with E-state index in [-0.39, 0.29) is 12.2 Å². The van der Waals surface area contributed by atoms with Gasteiger partial charge in [0.1, 0.15) is 12.1 Å². The van der Waals surface area contributed by atoms with Crippen LogP contribution in [0.2, 0.25) is 0 Å². The Labute approximate surface area is 142 Å². The Balaban J connectivity index is 1.62. The molecule has 2 amide bonds. The molecule has 0 bridgehead atoms. The SMILES string of the molecule is O=C(NCc1cccnc1-n1ccnc1)Nc1ccc([N+](=O)[O-])cc1. The molecule has 2 heterocycles. The van der Waals surface area contributed by atoms with Crippen molar-refractivity contribution >= 4 is 17.4 Å². The molecule has 9 nitrogen and oxygen atoms in total. The number of benzene rings is 1. The number of urea groups is 1. The van der Waals surface area contributed by atoms with E-state index >= 15 is 0 Å². The van der Waals surface area contributed by atoms with Crippen LogP contribution in [-0.2, 0) is 6.54 Å². The van der Waals surface area contributed by atoms with Gasteiger partial charge >= 0.3 is 6.03 Å². The molecule has 0 spiro atoms. The third-order valence-electron chi connectivity index (χ3n) is 3.39. The lowest BCUT2D eigenvalue weighted by molar-refractivity contribution is -0.384. The number of imidazole rings is 1. The van der Waals surface area contributed by atoms with Crippen LogP contribution in [0.1, 0.15) is 5.56 Å². The number of rotatable bonds is 5. The summed E-state index contributed by atoms with van der Waals surface area (Å²) < 4.78 is 1.76. The van der Waals surface area contributed by atoms with Gasteiger partial charge in [-0.1, -0.05) is 6.07 Å². The summed E-state index contributed by atoms with van der Waals surface area (Å²) in [5.74, 6) is 0.677. The Kier molecular flexibility index (Phi) is 4.65. The number of anilines is 1. The van der Waals surface area contributed by atoms with Crippen LogP contribution in [0.5, 0.6) is 0 Å². The molecule has 9 heteroatoms. The van der Waals surface area contributed by atoms with Crippen LogP contribution in [-0.4, -0.2) is 25.5 Å². The van der Waals surface area contributed by atoms with E-state index in [1.54, 1.807) is 35.6 Å². The molecule has 0 fully saturated rings. The number of carbonyl (C=O) groups excluding carboxylic acids is 1. The fraction of sp³-hybridized carbons (Fsp3) is 0.0625.